The lowest BCUT2D eigenvalue weighted by Crippen LogP contribution is -2.52. The fourth-order valence-corrected chi connectivity index (χ4v) is 4.47. The maximum absolute atomic E-state index is 12.7. The SMILES string of the molecule is CN(C)C[C@H](NC(=O)OCC1c2ccccc2-c2ccccc21)C(=O)NC[C@@H]1C[C@@H]1C(=O)O. The van der Waals surface area contributed by atoms with Crippen molar-refractivity contribution in [3.05, 3.63) is 59.7 Å². The van der Waals surface area contributed by atoms with Crippen LogP contribution in [0.1, 0.15) is 23.5 Å². The lowest BCUT2D eigenvalue weighted by Gasteiger charge is -2.22. The van der Waals surface area contributed by atoms with Crippen molar-refractivity contribution in [3.63, 3.8) is 0 Å². The van der Waals surface area contributed by atoms with Gasteiger partial charge in [0.1, 0.15) is 12.6 Å². The van der Waals surface area contributed by atoms with Crippen LogP contribution in [0.3, 0.4) is 0 Å². The summed E-state index contributed by atoms with van der Waals surface area (Å²) in [4.78, 5) is 38.0. The van der Waals surface area contributed by atoms with Crippen LogP contribution < -0.4 is 10.6 Å². The third-order valence-electron chi connectivity index (χ3n) is 6.28. The smallest absolute Gasteiger partial charge is 0.407 e. The van der Waals surface area contributed by atoms with E-state index >= 15 is 0 Å². The summed E-state index contributed by atoms with van der Waals surface area (Å²) in [5, 5.41) is 14.4. The molecule has 1 saturated carbocycles. The fraction of sp³-hybridized carbons (Fsp3) is 0.400. The molecule has 0 heterocycles. The summed E-state index contributed by atoms with van der Waals surface area (Å²) in [7, 11) is 3.61. The predicted molar refractivity (Wildman–Crippen MR) is 123 cm³/mol. The van der Waals surface area contributed by atoms with E-state index in [4.69, 9.17) is 9.84 Å². The Kier molecular flexibility index (Phi) is 6.65. The van der Waals surface area contributed by atoms with Crippen LogP contribution >= 0.6 is 0 Å². The van der Waals surface area contributed by atoms with E-state index in [1.54, 1.807) is 19.0 Å². The van der Waals surface area contributed by atoms with Gasteiger partial charge in [0.05, 0.1) is 5.92 Å². The maximum atomic E-state index is 12.7. The number of alkyl carbamates (subject to hydrolysis) is 1. The van der Waals surface area contributed by atoms with E-state index in [0.29, 0.717) is 13.0 Å². The number of carboxylic acid groups (broad SMARTS) is 1. The number of benzene rings is 2. The standard InChI is InChI=1S/C25H29N3O5/c1-28(2)13-22(23(29)26-12-15-11-20(15)24(30)31)27-25(32)33-14-21-18-9-5-3-7-16(18)17-8-4-6-10-19(17)21/h3-10,15,20-22H,11-14H2,1-2H3,(H,26,29)(H,27,32)(H,30,31)/t15-,20-,22-/m0/s1. The first kappa shape index (κ1) is 22.8. The van der Waals surface area contributed by atoms with Crippen LogP contribution in [-0.2, 0) is 14.3 Å². The van der Waals surface area contributed by atoms with Gasteiger partial charge in [0, 0.05) is 19.0 Å². The summed E-state index contributed by atoms with van der Waals surface area (Å²) < 4.78 is 5.56. The average molecular weight is 452 g/mol. The predicted octanol–water partition coefficient (Wildman–Crippen LogP) is 2.29. The second-order valence-electron chi connectivity index (χ2n) is 8.97. The van der Waals surface area contributed by atoms with Gasteiger partial charge in [-0.1, -0.05) is 48.5 Å². The molecular weight excluding hydrogens is 422 g/mol. The van der Waals surface area contributed by atoms with Gasteiger partial charge >= 0.3 is 12.1 Å². The molecule has 1 fully saturated rings. The molecule has 8 heteroatoms. The number of likely N-dealkylation sites (N-methyl/N-ethyl adjacent to an activating group) is 1. The number of carbonyl (C=O) groups excluding carboxylic acids is 2. The third-order valence-corrected chi connectivity index (χ3v) is 6.28. The van der Waals surface area contributed by atoms with Crippen molar-refractivity contribution >= 4 is 18.0 Å². The Morgan fingerprint density at radius 1 is 1.06 bits per heavy atom. The highest BCUT2D eigenvalue weighted by molar-refractivity contribution is 5.86. The van der Waals surface area contributed by atoms with Gasteiger partial charge in [-0.3, -0.25) is 9.59 Å². The highest BCUT2D eigenvalue weighted by Crippen LogP contribution is 2.44. The van der Waals surface area contributed by atoms with E-state index in [-0.39, 0.29) is 30.9 Å². The van der Waals surface area contributed by atoms with Gasteiger partial charge < -0.3 is 25.4 Å². The van der Waals surface area contributed by atoms with Crippen LogP contribution in [0.25, 0.3) is 11.1 Å². The molecule has 0 aliphatic heterocycles. The molecule has 0 spiro atoms. The quantitative estimate of drug-likeness (QED) is 0.540. The van der Waals surface area contributed by atoms with Crippen LogP contribution in [0.5, 0.6) is 0 Å². The van der Waals surface area contributed by atoms with Gasteiger partial charge in [0.25, 0.3) is 0 Å². The number of carbonyl (C=O) groups is 3. The minimum atomic E-state index is -0.837. The molecule has 2 amide bonds. The molecule has 0 saturated heterocycles. The number of amides is 2. The van der Waals surface area contributed by atoms with Gasteiger partial charge in [0.2, 0.25) is 5.91 Å². The number of hydrogen-bond donors (Lipinski definition) is 3. The van der Waals surface area contributed by atoms with Crippen LogP contribution in [0, 0.1) is 11.8 Å². The minimum absolute atomic E-state index is 0.0547. The summed E-state index contributed by atoms with van der Waals surface area (Å²) in [6.07, 6.45) is -0.0954. The third kappa shape index (κ3) is 5.17. The summed E-state index contributed by atoms with van der Waals surface area (Å²) in [5.41, 5.74) is 4.52. The molecule has 0 bridgehead atoms. The molecule has 3 N–H and O–H groups in total. The largest absolute Gasteiger partial charge is 0.481 e. The molecular formula is C25H29N3O5. The molecule has 2 aliphatic rings. The number of ether oxygens (including phenoxy) is 1. The molecule has 0 radical (unpaired) electrons. The number of rotatable bonds is 9. The molecule has 2 aromatic carbocycles. The van der Waals surface area contributed by atoms with Crippen LogP contribution in [0.4, 0.5) is 4.79 Å². The normalized spacial score (nSPS) is 19.4. The van der Waals surface area contributed by atoms with Gasteiger partial charge in [-0.25, -0.2) is 4.79 Å². The Morgan fingerprint density at radius 3 is 2.21 bits per heavy atom. The van der Waals surface area contributed by atoms with Crippen molar-refractivity contribution in [3.8, 4) is 11.1 Å². The molecule has 4 rings (SSSR count). The maximum Gasteiger partial charge on any atom is 0.407 e. The van der Waals surface area contributed by atoms with E-state index in [2.05, 4.69) is 22.8 Å². The van der Waals surface area contributed by atoms with Crippen molar-refractivity contribution in [2.24, 2.45) is 11.8 Å². The number of nitrogens with one attached hydrogen (secondary N) is 2. The molecule has 174 valence electrons. The summed E-state index contributed by atoms with van der Waals surface area (Å²) in [6.45, 7) is 0.744. The fourth-order valence-electron chi connectivity index (χ4n) is 4.47. The second-order valence-corrected chi connectivity index (χ2v) is 8.97. The molecule has 0 unspecified atom stereocenters. The van der Waals surface area contributed by atoms with E-state index in [0.717, 1.165) is 22.3 Å². The Balaban J connectivity index is 1.35. The van der Waals surface area contributed by atoms with E-state index < -0.39 is 24.0 Å². The summed E-state index contributed by atoms with van der Waals surface area (Å²) in [6, 6.07) is 15.4. The van der Waals surface area contributed by atoms with Crippen molar-refractivity contribution in [2.45, 2.75) is 18.4 Å². The van der Waals surface area contributed by atoms with Gasteiger partial charge in [-0.15, -0.1) is 0 Å². The number of hydrogen-bond acceptors (Lipinski definition) is 5. The first-order valence-electron chi connectivity index (χ1n) is 11.1. The van der Waals surface area contributed by atoms with Crippen molar-refractivity contribution in [1.82, 2.24) is 15.5 Å². The van der Waals surface area contributed by atoms with Gasteiger partial charge in [-0.2, -0.15) is 0 Å². The van der Waals surface area contributed by atoms with Crippen LogP contribution in [0.15, 0.2) is 48.5 Å². The minimum Gasteiger partial charge on any atom is -0.481 e. The second kappa shape index (κ2) is 9.62. The summed E-state index contributed by atoms with van der Waals surface area (Å²) in [5.74, 6) is -1.70. The molecule has 3 atom stereocenters. The lowest BCUT2D eigenvalue weighted by molar-refractivity contribution is -0.139. The Bertz CT molecular complexity index is 1010. The van der Waals surface area contributed by atoms with Crippen molar-refractivity contribution < 1.29 is 24.2 Å². The number of carboxylic acids is 1. The van der Waals surface area contributed by atoms with E-state index in [1.807, 2.05) is 36.4 Å². The Morgan fingerprint density at radius 2 is 1.67 bits per heavy atom. The van der Waals surface area contributed by atoms with Crippen molar-refractivity contribution in [2.75, 3.05) is 33.8 Å². The number of aliphatic carboxylic acids is 1. The number of nitrogens with zero attached hydrogens (tertiary/aromatic N) is 1. The van der Waals surface area contributed by atoms with Crippen LogP contribution in [-0.4, -0.2) is 67.8 Å². The zero-order valence-electron chi connectivity index (χ0n) is 18.8. The van der Waals surface area contributed by atoms with Crippen molar-refractivity contribution in [1.29, 1.82) is 0 Å². The topological polar surface area (TPSA) is 108 Å². The average Bonchev–Trinajstić information content (AvgIpc) is 3.51. The highest BCUT2D eigenvalue weighted by atomic mass is 16.5. The van der Waals surface area contributed by atoms with Crippen LogP contribution in [0.2, 0.25) is 0 Å². The molecule has 2 aliphatic carbocycles. The van der Waals surface area contributed by atoms with Gasteiger partial charge in [-0.05, 0) is 48.7 Å². The summed E-state index contributed by atoms with van der Waals surface area (Å²) >= 11 is 0. The monoisotopic (exact) mass is 451 g/mol. The first-order valence-corrected chi connectivity index (χ1v) is 11.1. The van der Waals surface area contributed by atoms with E-state index in [1.165, 1.54) is 0 Å². The van der Waals surface area contributed by atoms with Gasteiger partial charge in [0.15, 0.2) is 0 Å². The molecule has 33 heavy (non-hydrogen) atoms. The Hall–Kier alpha value is -3.39. The molecule has 0 aromatic heterocycles. The molecule has 2 aromatic rings. The zero-order chi connectivity index (χ0) is 23.5. The molecule has 8 nitrogen and oxygen atoms in total. The Labute approximate surface area is 192 Å². The highest BCUT2D eigenvalue weighted by Gasteiger charge is 2.43. The number of fused-ring (bicyclic) bond motifs is 3. The first-order chi connectivity index (χ1) is 15.8. The lowest BCUT2D eigenvalue weighted by atomic mass is 9.98. The van der Waals surface area contributed by atoms with E-state index in [9.17, 15) is 14.4 Å². The zero-order valence-corrected chi connectivity index (χ0v) is 18.8.